The van der Waals surface area contributed by atoms with Gasteiger partial charge >= 0.3 is 6.09 Å². The smallest absolute Gasteiger partial charge is 0.408 e. The quantitative estimate of drug-likeness (QED) is 0.810. The maximum atomic E-state index is 13.1. The third-order valence-corrected chi connectivity index (χ3v) is 6.00. The van der Waals surface area contributed by atoms with Crippen molar-refractivity contribution in [2.45, 2.75) is 58.3 Å². The number of hydrogen-bond acceptors (Lipinski definition) is 4. The van der Waals surface area contributed by atoms with Crippen LogP contribution in [0, 0.1) is 0 Å². The molecule has 1 fully saturated rings. The van der Waals surface area contributed by atoms with Crippen molar-refractivity contribution in [1.29, 1.82) is 0 Å². The van der Waals surface area contributed by atoms with E-state index in [1.54, 1.807) is 6.07 Å². The molecule has 4 rings (SSSR count). The summed E-state index contributed by atoms with van der Waals surface area (Å²) in [5.74, 6) is 0.388. The number of hydrogen-bond donors (Lipinski definition) is 1. The van der Waals surface area contributed by atoms with Crippen molar-refractivity contribution in [2.75, 3.05) is 13.2 Å². The molecule has 160 valence electrons. The second-order valence-electron chi connectivity index (χ2n) is 7.94. The summed E-state index contributed by atoms with van der Waals surface area (Å²) < 4.78 is 13.2. The van der Waals surface area contributed by atoms with E-state index in [0.717, 1.165) is 37.1 Å². The van der Waals surface area contributed by atoms with E-state index < -0.39 is 6.09 Å². The summed E-state index contributed by atoms with van der Waals surface area (Å²) in [4.78, 5) is 27.7. The summed E-state index contributed by atoms with van der Waals surface area (Å²) in [6.45, 7) is 6.29. The lowest BCUT2D eigenvalue weighted by molar-refractivity contribution is 0.0686. The molecule has 1 aromatic carbocycles. The highest BCUT2D eigenvalue weighted by Gasteiger charge is 2.31. The van der Waals surface area contributed by atoms with Crippen LogP contribution >= 0.6 is 0 Å². The van der Waals surface area contributed by atoms with Crippen molar-refractivity contribution in [3.63, 3.8) is 0 Å². The summed E-state index contributed by atoms with van der Waals surface area (Å²) in [7, 11) is 0. The highest BCUT2D eigenvalue weighted by Crippen LogP contribution is 2.30. The summed E-state index contributed by atoms with van der Waals surface area (Å²) >= 11 is 0. The van der Waals surface area contributed by atoms with Crippen molar-refractivity contribution in [2.24, 2.45) is 0 Å². The number of nitrogens with zero attached hydrogens (tertiary/aromatic N) is 2. The van der Waals surface area contributed by atoms with Gasteiger partial charge in [-0.15, -0.1) is 0 Å². The Bertz CT molecular complexity index is 909. The average molecular weight is 412 g/mol. The molecule has 0 radical (unpaired) electrons. The van der Waals surface area contributed by atoms with Gasteiger partial charge in [-0.3, -0.25) is 4.79 Å². The number of amides is 2. The lowest BCUT2D eigenvalue weighted by Crippen LogP contribution is -2.35. The molecule has 1 aromatic heterocycles. The van der Waals surface area contributed by atoms with Gasteiger partial charge in [0.2, 0.25) is 0 Å². The van der Waals surface area contributed by atoms with Crippen LogP contribution in [0.1, 0.15) is 60.9 Å². The molecule has 2 aliphatic heterocycles. The van der Waals surface area contributed by atoms with E-state index in [1.165, 1.54) is 0 Å². The van der Waals surface area contributed by atoms with E-state index >= 15 is 0 Å². The molecule has 0 bridgehead atoms. The Hall–Kier alpha value is -2.80. The molecule has 0 aliphatic carbocycles. The molecule has 2 aliphatic rings. The molecule has 3 heterocycles. The summed E-state index contributed by atoms with van der Waals surface area (Å²) in [6, 6.07) is 11.6. The molecular formula is C23H29N3O4. The van der Waals surface area contributed by atoms with Crippen LogP contribution in [0.5, 0.6) is 5.75 Å². The minimum absolute atomic E-state index is 0.00544. The van der Waals surface area contributed by atoms with E-state index in [9.17, 15) is 9.59 Å². The van der Waals surface area contributed by atoms with Crippen molar-refractivity contribution in [3.8, 4) is 5.75 Å². The second kappa shape index (κ2) is 8.92. The first-order chi connectivity index (χ1) is 14.6. The van der Waals surface area contributed by atoms with E-state index in [-0.39, 0.29) is 18.0 Å². The Kier molecular flexibility index (Phi) is 6.08. The highest BCUT2D eigenvalue weighted by atomic mass is 16.6. The molecule has 2 aromatic rings. The van der Waals surface area contributed by atoms with Crippen LogP contribution in [0.3, 0.4) is 0 Å². The maximum Gasteiger partial charge on any atom is 0.413 e. The molecule has 30 heavy (non-hydrogen) atoms. The average Bonchev–Trinajstić information content (AvgIpc) is 3.36. The normalized spacial score (nSPS) is 19.3. The van der Waals surface area contributed by atoms with Gasteiger partial charge in [0.05, 0.1) is 24.9 Å². The minimum Gasteiger partial charge on any atom is -0.408 e. The highest BCUT2D eigenvalue weighted by molar-refractivity contribution is 5.94. The zero-order chi connectivity index (χ0) is 21.1. The van der Waals surface area contributed by atoms with Crippen LogP contribution in [-0.4, -0.2) is 40.7 Å². The number of likely N-dealkylation sites (tertiary alicyclic amines) is 1. The second-order valence-corrected chi connectivity index (χ2v) is 7.94. The fourth-order valence-corrected chi connectivity index (χ4v) is 4.32. The van der Waals surface area contributed by atoms with Gasteiger partial charge in [-0.05, 0) is 31.7 Å². The van der Waals surface area contributed by atoms with Gasteiger partial charge in [0, 0.05) is 25.2 Å². The molecule has 2 amide bonds. The Morgan fingerprint density at radius 3 is 2.77 bits per heavy atom. The molecular weight excluding hydrogens is 382 g/mol. The van der Waals surface area contributed by atoms with Gasteiger partial charge < -0.3 is 24.3 Å². The van der Waals surface area contributed by atoms with Gasteiger partial charge in [-0.25, -0.2) is 4.79 Å². The first-order valence-electron chi connectivity index (χ1n) is 10.7. The molecule has 7 nitrogen and oxygen atoms in total. The predicted molar refractivity (Wildman–Crippen MR) is 112 cm³/mol. The van der Waals surface area contributed by atoms with Crippen molar-refractivity contribution < 1.29 is 19.1 Å². The molecule has 0 saturated carbocycles. The monoisotopic (exact) mass is 411 g/mol. The fourth-order valence-electron chi connectivity index (χ4n) is 4.32. The minimum atomic E-state index is -0.529. The Morgan fingerprint density at radius 2 is 2.07 bits per heavy atom. The summed E-state index contributed by atoms with van der Waals surface area (Å²) in [6.07, 6.45) is 2.25. The number of fused-ring (bicyclic) bond motifs is 1. The van der Waals surface area contributed by atoms with Gasteiger partial charge in [0.1, 0.15) is 5.69 Å². The van der Waals surface area contributed by atoms with Crippen LogP contribution in [0.25, 0.3) is 0 Å². The molecule has 0 unspecified atom stereocenters. The van der Waals surface area contributed by atoms with Gasteiger partial charge in [-0.1, -0.05) is 37.3 Å². The predicted octanol–water partition coefficient (Wildman–Crippen LogP) is 3.88. The molecule has 1 N–H and O–H groups in total. The Labute approximate surface area is 177 Å². The van der Waals surface area contributed by atoms with E-state index in [4.69, 9.17) is 9.47 Å². The topological polar surface area (TPSA) is 72.8 Å². The first-order valence-corrected chi connectivity index (χ1v) is 10.7. The summed E-state index contributed by atoms with van der Waals surface area (Å²) in [5.41, 5.74) is 2.33. The van der Waals surface area contributed by atoms with E-state index in [2.05, 4.69) is 12.2 Å². The van der Waals surface area contributed by atoms with Crippen molar-refractivity contribution in [3.05, 3.63) is 53.3 Å². The number of benzene rings is 1. The van der Waals surface area contributed by atoms with Gasteiger partial charge in [0.15, 0.2) is 5.75 Å². The van der Waals surface area contributed by atoms with Crippen LogP contribution in [0.2, 0.25) is 0 Å². The van der Waals surface area contributed by atoms with Crippen molar-refractivity contribution >= 4 is 12.0 Å². The third kappa shape index (κ3) is 4.07. The molecule has 7 heteroatoms. The number of ether oxygens (including phenoxy) is 2. The largest absolute Gasteiger partial charge is 0.413 e. The molecule has 0 spiro atoms. The van der Waals surface area contributed by atoms with Crippen LogP contribution < -0.4 is 10.1 Å². The molecule has 2 atom stereocenters. The summed E-state index contributed by atoms with van der Waals surface area (Å²) in [5, 5.41) is 2.93. The zero-order valence-corrected chi connectivity index (χ0v) is 17.6. The number of aromatic nitrogens is 1. The van der Waals surface area contributed by atoms with Crippen LogP contribution in [0.4, 0.5) is 4.79 Å². The van der Waals surface area contributed by atoms with Gasteiger partial charge in [-0.2, -0.15) is 0 Å². The number of carbonyl (C=O) groups is 2. The SMILES string of the molecule is CC[C@@H](NC(=O)Oc1cc(C(=O)N2CCC[C@@H]2C)n2c1COCC2)c1ccccc1. The lowest BCUT2D eigenvalue weighted by Gasteiger charge is -2.24. The van der Waals surface area contributed by atoms with E-state index in [1.807, 2.05) is 46.7 Å². The number of carbonyl (C=O) groups excluding carboxylic acids is 2. The molecule has 1 saturated heterocycles. The first kappa shape index (κ1) is 20.5. The number of rotatable bonds is 5. The van der Waals surface area contributed by atoms with Crippen molar-refractivity contribution in [1.82, 2.24) is 14.8 Å². The van der Waals surface area contributed by atoms with Crippen LogP contribution in [-0.2, 0) is 17.9 Å². The standard InChI is InChI=1S/C23H29N3O4/c1-3-18(17-9-5-4-6-10-17)24-23(28)30-21-14-19(26-12-13-29-15-20(21)26)22(27)25-11-7-8-16(25)2/h4-6,9-10,14,16,18H,3,7-8,11-13,15H2,1-2H3,(H,24,28)/t16-,18+/m0/s1. The maximum absolute atomic E-state index is 13.1. The zero-order valence-electron chi connectivity index (χ0n) is 17.6. The Balaban J connectivity index is 1.53. The fraction of sp³-hybridized carbons (Fsp3) is 0.478. The van der Waals surface area contributed by atoms with Crippen LogP contribution in [0.15, 0.2) is 36.4 Å². The van der Waals surface area contributed by atoms with Gasteiger partial charge in [0.25, 0.3) is 5.91 Å². The lowest BCUT2D eigenvalue weighted by atomic mass is 10.1. The Morgan fingerprint density at radius 1 is 1.27 bits per heavy atom. The third-order valence-electron chi connectivity index (χ3n) is 6.00. The van der Waals surface area contributed by atoms with E-state index in [0.29, 0.717) is 31.2 Å². The number of nitrogens with one attached hydrogen (secondary N) is 1.